The maximum absolute atomic E-state index is 13.9. The van der Waals surface area contributed by atoms with Crippen LogP contribution in [-0.2, 0) is 30.6 Å². The molecule has 6 nitrogen and oxygen atoms in total. The van der Waals surface area contributed by atoms with E-state index in [-0.39, 0.29) is 11.5 Å². The maximum Gasteiger partial charge on any atom is 0.264 e. The molecule has 0 bridgehead atoms. The summed E-state index contributed by atoms with van der Waals surface area (Å²) in [4.78, 5) is 16.2. The molecule has 4 heterocycles. The van der Waals surface area contributed by atoms with Crippen LogP contribution in [0.25, 0.3) is 0 Å². The van der Waals surface area contributed by atoms with Gasteiger partial charge in [-0.25, -0.2) is 8.78 Å². The number of nitrogens with one attached hydrogen (secondary N) is 1. The van der Waals surface area contributed by atoms with Crippen LogP contribution in [0.2, 0.25) is 0 Å². The molecule has 3 aliphatic rings. The van der Waals surface area contributed by atoms with Crippen LogP contribution in [0.1, 0.15) is 73.5 Å². The van der Waals surface area contributed by atoms with Crippen molar-refractivity contribution in [2.24, 2.45) is 0 Å². The van der Waals surface area contributed by atoms with Crippen molar-refractivity contribution in [1.29, 1.82) is 0 Å². The molecular formula is C25H33F2N5O. The number of nitrogens with zero attached hydrogens (tertiary/aromatic N) is 4. The van der Waals surface area contributed by atoms with E-state index in [0.717, 1.165) is 79.9 Å². The number of amides is 1. The Kier molecular flexibility index (Phi) is 6.12. The molecule has 1 N–H and O–H groups in total. The zero-order chi connectivity index (χ0) is 23.1. The molecule has 1 aromatic carbocycles. The molecule has 1 amide bonds. The van der Waals surface area contributed by atoms with Gasteiger partial charge in [-0.15, -0.1) is 0 Å². The molecule has 0 aliphatic carbocycles. The molecule has 1 fully saturated rings. The number of anilines is 2. The Morgan fingerprint density at radius 3 is 2.70 bits per heavy atom. The topological polar surface area (TPSA) is 53.4 Å². The van der Waals surface area contributed by atoms with E-state index in [1.165, 1.54) is 5.69 Å². The first kappa shape index (κ1) is 22.3. The van der Waals surface area contributed by atoms with Gasteiger partial charge in [0.05, 0.1) is 12.6 Å². The molecule has 0 unspecified atom stereocenters. The summed E-state index contributed by atoms with van der Waals surface area (Å²) in [6.45, 7) is 7.46. The fourth-order valence-corrected chi connectivity index (χ4v) is 5.70. The molecule has 3 aliphatic heterocycles. The van der Waals surface area contributed by atoms with Gasteiger partial charge in [0.25, 0.3) is 6.43 Å². The molecular weight excluding hydrogens is 424 g/mol. The van der Waals surface area contributed by atoms with Crippen molar-refractivity contribution in [2.45, 2.75) is 71.4 Å². The lowest BCUT2D eigenvalue weighted by Crippen LogP contribution is -2.36. The molecule has 0 saturated carbocycles. The Labute approximate surface area is 193 Å². The van der Waals surface area contributed by atoms with Crippen LogP contribution in [0.4, 0.5) is 20.3 Å². The van der Waals surface area contributed by atoms with Crippen molar-refractivity contribution in [3.05, 3.63) is 40.1 Å². The zero-order valence-corrected chi connectivity index (χ0v) is 19.5. The van der Waals surface area contributed by atoms with Crippen LogP contribution in [0, 0.1) is 0 Å². The molecule has 33 heavy (non-hydrogen) atoms. The molecule has 1 aromatic heterocycles. The van der Waals surface area contributed by atoms with Crippen molar-refractivity contribution in [2.75, 3.05) is 31.1 Å². The van der Waals surface area contributed by atoms with Gasteiger partial charge in [0, 0.05) is 48.9 Å². The summed E-state index contributed by atoms with van der Waals surface area (Å²) in [5.41, 5.74) is 5.12. The van der Waals surface area contributed by atoms with E-state index < -0.39 is 6.43 Å². The van der Waals surface area contributed by atoms with E-state index in [2.05, 4.69) is 14.9 Å². The fourth-order valence-electron chi connectivity index (χ4n) is 5.70. The van der Waals surface area contributed by atoms with E-state index in [9.17, 15) is 13.6 Å². The van der Waals surface area contributed by atoms with Gasteiger partial charge in [0.2, 0.25) is 5.91 Å². The minimum absolute atomic E-state index is 0.0628. The molecule has 0 atom stereocenters. The number of piperidine rings is 1. The summed E-state index contributed by atoms with van der Waals surface area (Å²) in [5, 5.41) is 8.56. The quantitative estimate of drug-likeness (QED) is 0.744. The number of benzene rings is 1. The van der Waals surface area contributed by atoms with E-state index in [4.69, 9.17) is 5.10 Å². The summed E-state index contributed by atoms with van der Waals surface area (Å²) in [5.74, 6) is 0.910. The van der Waals surface area contributed by atoms with Gasteiger partial charge < -0.3 is 15.1 Å². The minimum Gasteiger partial charge on any atom is -0.338 e. The predicted molar refractivity (Wildman–Crippen MR) is 124 cm³/mol. The first-order valence-electron chi connectivity index (χ1n) is 12.3. The van der Waals surface area contributed by atoms with E-state index in [0.29, 0.717) is 25.6 Å². The molecule has 1 saturated heterocycles. The summed E-state index contributed by atoms with van der Waals surface area (Å²) < 4.78 is 30.0. The summed E-state index contributed by atoms with van der Waals surface area (Å²) in [6, 6.07) is 4.00. The molecule has 0 radical (unpaired) electrons. The van der Waals surface area contributed by atoms with Crippen molar-refractivity contribution in [3.8, 4) is 0 Å². The van der Waals surface area contributed by atoms with Crippen LogP contribution in [0.5, 0.6) is 0 Å². The predicted octanol–water partition coefficient (Wildman–Crippen LogP) is 4.30. The van der Waals surface area contributed by atoms with Gasteiger partial charge in [0.1, 0.15) is 0 Å². The van der Waals surface area contributed by atoms with Crippen LogP contribution < -0.4 is 10.2 Å². The maximum atomic E-state index is 13.9. The first-order chi connectivity index (χ1) is 16.0. The van der Waals surface area contributed by atoms with Crippen molar-refractivity contribution < 1.29 is 13.6 Å². The third-order valence-corrected chi connectivity index (χ3v) is 7.50. The second-order valence-corrected chi connectivity index (χ2v) is 9.45. The van der Waals surface area contributed by atoms with E-state index in [1.54, 1.807) is 13.0 Å². The highest BCUT2D eigenvalue weighted by atomic mass is 19.3. The van der Waals surface area contributed by atoms with Gasteiger partial charge in [0.15, 0.2) is 5.82 Å². The molecule has 5 rings (SSSR count). The van der Waals surface area contributed by atoms with Gasteiger partial charge in [-0.05, 0) is 62.4 Å². The smallest absolute Gasteiger partial charge is 0.264 e. The number of hydrogen-bond acceptors (Lipinski definition) is 4. The third-order valence-electron chi connectivity index (χ3n) is 7.50. The van der Waals surface area contributed by atoms with Crippen LogP contribution in [0.3, 0.4) is 0 Å². The molecule has 8 heteroatoms. The molecule has 2 aromatic rings. The van der Waals surface area contributed by atoms with Crippen LogP contribution >= 0.6 is 0 Å². The average Bonchev–Trinajstić information content (AvgIpc) is 3.22. The minimum atomic E-state index is -2.50. The second-order valence-electron chi connectivity index (χ2n) is 9.45. The number of alkyl halides is 2. The van der Waals surface area contributed by atoms with Gasteiger partial charge in [-0.2, -0.15) is 5.10 Å². The van der Waals surface area contributed by atoms with Gasteiger partial charge in [-0.1, -0.05) is 13.0 Å². The second kappa shape index (κ2) is 9.05. The number of carbonyl (C=O) groups excluding carboxylic acids is 1. The lowest BCUT2D eigenvalue weighted by molar-refractivity contribution is -0.129. The van der Waals surface area contributed by atoms with Gasteiger partial charge >= 0.3 is 0 Å². The SMILES string of the molecule is CCc1cc2c(cc1C(F)F)N(c1nn(C3CCNCC3)c3c1CN(C(C)=O)CC3)CCC2. The number of hydrogen-bond donors (Lipinski definition) is 1. The number of halogens is 2. The number of fused-ring (bicyclic) bond motifs is 2. The monoisotopic (exact) mass is 457 g/mol. The third kappa shape index (κ3) is 4.03. The number of rotatable bonds is 4. The Balaban J connectivity index is 1.62. The molecule has 0 spiro atoms. The lowest BCUT2D eigenvalue weighted by atomic mass is 9.94. The normalized spacial score (nSPS) is 19.1. The van der Waals surface area contributed by atoms with Crippen molar-refractivity contribution in [3.63, 3.8) is 0 Å². The first-order valence-corrected chi connectivity index (χ1v) is 12.3. The Morgan fingerprint density at radius 2 is 2.00 bits per heavy atom. The summed E-state index contributed by atoms with van der Waals surface area (Å²) in [6.07, 6.45) is 2.77. The van der Waals surface area contributed by atoms with Crippen molar-refractivity contribution in [1.82, 2.24) is 20.0 Å². The average molecular weight is 458 g/mol. The summed E-state index contributed by atoms with van der Waals surface area (Å²) in [7, 11) is 0. The standard InChI is InChI=1S/C25H33F2N5O/c1-3-17-13-18-5-4-11-31(23(18)14-20(17)24(26)27)25-21-15-30(16(2)33)12-8-22(21)32(29-25)19-6-9-28-10-7-19/h13-14,19,24,28H,3-12,15H2,1-2H3. The lowest BCUT2D eigenvalue weighted by Gasteiger charge is -2.33. The van der Waals surface area contributed by atoms with Gasteiger partial charge in [-0.3, -0.25) is 9.48 Å². The Morgan fingerprint density at radius 1 is 1.21 bits per heavy atom. The van der Waals surface area contributed by atoms with Crippen LogP contribution in [-0.4, -0.2) is 46.8 Å². The highest BCUT2D eigenvalue weighted by Gasteiger charge is 2.33. The molecule has 178 valence electrons. The largest absolute Gasteiger partial charge is 0.338 e. The highest BCUT2D eigenvalue weighted by Crippen LogP contribution is 2.41. The Bertz CT molecular complexity index is 1040. The number of carbonyl (C=O) groups is 1. The van der Waals surface area contributed by atoms with Crippen molar-refractivity contribution >= 4 is 17.4 Å². The Hall–Kier alpha value is -2.48. The number of aryl methyl sites for hydroxylation is 2. The van der Waals surface area contributed by atoms with Crippen LogP contribution in [0.15, 0.2) is 12.1 Å². The van der Waals surface area contributed by atoms with E-state index in [1.807, 2.05) is 17.9 Å². The van der Waals surface area contributed by atoms with E-state index >= 15 is 0 Å². The summed E-state index contributed by atoms with van der Waals surface area (Å²) >= 11 is 0. The number of aromatic nitrogens is 2. The highest BCUT2D eigenvalue weighted by molar-refractivity contribution is 5.75. The fraction of sp³-hybridized carbons (Fsp3) is 0.600. The zero-order valence-electron chi connectivity index (χ0n) is 19.5.